The molecule has 2 rings (SSSR count). The van der Waals surface area contributed by atoms with Gasteiger partial charge >= 0.3 is 17.7 Å². The van der Waals surface area contributed by atoms with E-state index in [9.17, 15) is 14.4 Å². The molecule has 1 amide bonds. The van der Waals surface area contributed by atoms with Crippen LogP contribution >= 0.6 is 11.6 Å². The molecule has 1 heterocycles. The number of nitrogens with one attached hydrogen (secondary N) is 1. The first-order valence-electron chi connectivity index (χ1n) is 8.83. The van der Waals surface area contributed by atoms with E-state index < -0.39 is 29.3 Å². The highest BCUT2D eigenvalue weighted by Crippen LogP contribution is 2.26. The molecule has 1 N–H and O–H groups in total. The van der Waals surface area contributed by atoms with Gasteiger partial charge in [0.25, 0.3) is 0 Å². The fourth-order valence-electron chi connectivity index (χ4n) is 2.49. The molecule has 152 valence electrons. The first-order chi connectivity index (χ1) is 12.9. The van der Waals surface area contributed by atoms with Crippen molar-refractivity contribution in [2.75, 3.05) is 0 Å². The number of ether oxygens (including phenoxy) is 2. The summed E-state index contributed by atoms with van der Waals surface area (Å²) in [6, 6.07) is 3.73. The molecule has 0 fully saturated rings. The SMILES string of the molecule is Cc1c(Cl)c(=O)oc2cc(OC(=O)[C@H](NC(=O)OC(C)(C)C)C(C)C)ccc12. The fourth-order valence-corrected chi connectivity index (χ4v) is 2.63. The zero-order valence-corrected chi connectivity index (χ0v) is 17.5. The van der Waals surface area contributed by atoms with Gasteiger partial charge in [-0.3, -0.25) is 0 Å². The van der Waals surface area contributed by atoms with E-state index in [2.05, 4.69) is 5.32 Å². The van der Waals surface area contributed by atoms with Crippen LogP contribution in [-0.2, 0) is 9.53 Å². The van der Waals surface area contributed by atoms with Crippen molar-refractivity contribution >= 4 is 34.6 Å². The third kappa shape index (κ3) is 5.25. The van der Waals surface area contributed by atoms with Gasteiger partial charge in [-0.1, -0.05) is 25.4 Å². The van der Waals surface area contributed by atoms with Gasteiger partial charge in [-0.15, -0.1) is 0 Å². The standard InChI is InChI=1S/C20H24ClNO6/c1-10(2)16(22-19(25)28-20(4,5)6)18(24)26-12-7-8-13-11(3)15(21)17(23)27-14(13)9-12/h7-10,16H,1-6H3,(H,22,25)/t16-/m1/s1. The van der Waals surface area contributed by atoms with E-state index in [4.69, 9.17) is 25.5 Å². The Hall–Kier alpha value is -2.54. The summed E-state index contributed by atoms with van der Waals surface area (Å²) in [6.07, 6.45) is -0.710. The van der Waals surface area contributed by atoms with Gasteiger partial charge in [-0.05, 0) is 51.3 Å². The Bertz CT molecular complexity index is 958. The summed E-state index contributed by atoms with van der Waals surface area (Å²) in [5, 5.41) is 3.18. The van der Waals surface area contributed by atoms with Crippen molar-refractivity contribution < 1.29 is 23.5 Å². The maximum absolute atomic E-state index is 12.6. The molecule has 0 aliphatic carbocycles. The average Bonchev–Trinajstić information content (AvgIpc) is 2.55. The van der Waals surface area contributed by atoms with Crippen LogP contribution in [0.25, 0.3) is 11.0 Å². The van der Waals surface area contributed by atoms with Crippen LogP contribution in [0, 0.1) is 12.8 Å². The van der Waals surface area contributed by atoms with Crippen LogP contribution in [0.2, 0.25) is 5.02 Å². The third-order valence-corrected chi connectivity index (χ3v) is 4.32. The summed E-state index contributed by atoms with van der Waals surface area (Å²) >= 11 is 5.91. The van der Waals surface area contributed by atoms with Gasteiger partial charge in [0, 0.05) is 11.5 Å². The molecule has 0 aliphatic rings. The second kappa shape index (κ2) is 8.22. The summed E-state index contributed by atoms with van der Waals surface area (Å²) in [4.78, 5) is 36.3. The van der Waals surface area contributed by atoms with Crippen LogP contribution in [0.4, 0.5) is 4.79 Å². The van der Waals surface area contributed by atoms with E-state index in [-0.39, 0.29) is 22.3 Å². The van der Waals surface area contributed by atoms with Crippen molar-refractivity contribution in [1.82, 2.24) is 5.32 Å². The van der Waals surface area contributed by atoms with Crippen LogP contribution < -0.4 is 15.7 Å². The van der Waals surface area contributed by atoms with Gasteiger partial charge in [0.05, 0.1) is 0 Å². The monoisotopic (exact) mass is 409 g/mol. The number of amides is 1. The van der Waals surface area contributed by atoms with Crippen molar-refractivity contribution in [1.29, 1.82) is 0 Å². The highest BCUT2D eigenvalue weighted by atomic mass is 35.5. The maximum Gasteiger partial charge on any atom is 0.408 e. The second-order valence-electron chi connectivity index (χ2n) is 7.78. The number of aryl methyl sites for hydroxylation is 1. The largest absolute Gasteiger partial charge is 0.444 e. The van der Waals surface area contributed by atoms with Crippen molar-refractivity contribution in [3.63, 3.8) is 0 Å². The van der Waals surface area contributed by atoms with E-state index in [1.807, 2.05) is 0 Å². The van der Waals surface area contributed by atoms with Crippen LogP contribution in [0.3, 0.4) is 0 Å². The summed E-state index contributed by atoms with van der Waals surface area (Å²) in [5.74, 6) is -0.716. The lowest BCUT2D eigenvalue weighted by Crippen LogP contribution is -2.48. The predicted octanol–water partition coefficient (Wildman–Crippen LogP) is 4.21. The molecule has 1 aromatic heterocycles. The Morgan fingerprint density at radius 3 is 2.43 bits per heavy atom. The number of benzene rings is 1. The Balaban J connectivity index is 2.22. The molecule has 0 unspecified atom stereocenters. The topological polar surface area (TPSA) is 94.8 Å². The van der Waals surface area contributed by atoms with Gasteiger partial charge in [-0.25, -0.2) is 14.4 Å². The Labute approximate surface area is 167 Å². The summed E-state index contributed by atoms with van der Waals surface area (Å²) in [7, 11) is 0. The molecule has 0 saturated carbocycles. The second-order valence-corrected chi connectivity index (χ2v) is 8.15. The quantitative estimate of drug-likeness (QED) is 0.461. The summed E-state index contributed by atoms with van der Waals surface area (Å²) < 4.78 is 15.7. The normalized spacial score (nSPS) is 12.7. The van der Waals surface area contributed by atoms with E-state index >= 15 is 0 Å². The number of carbonyl (C=O) groups excluding carboxylic acids is 2. The molecule has 28 heavy (non-hydrogen) atoms. The zero-order chi connectivity index (χ0) is 21.2. The molecular formula is C20H24ClNO6. The molecule has 0 spiro atoms. The minimum Gasteiger partial charge on any atom is -0.444 e. The molecule has 7 nitrogen and oxygen atoms in total. The van der Waals surface area contributed by atoms with Crippen LogP contribution in [-0.4, -0.2) is 23.7 Å². The highest BCUT2D eigenvalue weighted by molar-refractivity contribution is 6.31. The first kappa shape index (κ1) is 21.8. The molecule has 2 aromatic rings. The van der Waals surface area contributed by atoms with E-state index in [0.29, 0.717) is 10.9 Å². The van der Waals surface area contributed by atoms with Gasteiger partial charge in [0.15, 0.2) is 0 Å². The van der Waals surface area contributed by atoms with Gasteiger partial charge in [0.1, 0.15) is 28.0 Å². The molecular weight excluding hydrogens is 386 g/mol. The van der Waals surface area contributed by atoms with Crippen molar-refractivity contribution in [2.24, 2.45) is 5.92 Å². The average molecular weight is 410 g/mol. The molecule has 0 saturated heterocycles. The maximum atomic E-state index is 12.6. The van der Waals surface area contributed by atoms with E-state index in [1.54, 1.807) is 53.7 Å². The molecule has 0 aliphatic heterocycles. The fraction of sp³-hybridized carbons (Fsp3) is 0.450. The molecule has 1 aromatic carbocycles. The Morgan fingerprint density at radius 1 is 1.21 bits per heavy atom. The number of hydrogen-bond donors (Lipinski definition) is 1. The zero-order valence-electron chi connectivity index (χ0n) is 16.7. The Morgan fingerprint density at radius 2 is 1.86 bits per heavy atom. The van der Waals surface area contributed by atoms with Gasteiger partial charge in [0.2, 0.25) is 0 Å². The lowest BCUT2D eigenvalue weighted by atomic mass is 10.1. The minimum atomic E-state index is -0.912. The van der Waals surface area contributed by atoms with Crippen LogP contribution in [0.1, 0.15) is 40.2 Å². The molecule has 0 radical (unpaired) electrons. The number of alkyl carbamates (subject to hydrolysis) is 1. The predicted molar refractivity (Wildman–Crippen MR) is 106 cm³/mol. The minimum absolute atomic E-state index is 0.0127. The summed E-state index contributed by atoms with van der Waals surface area (Å²) in [6.45, 7) is 10.4. The molecule has 0 bridgehead atoms. The van der Waals surface area contributed by atoms with Gasteiger partial charge in [-0.2, -0.15) is 0 Å². The number of hydrogen-bond acceptors (Lipinski definition) is 6. The highest BCUT2D eigenvalue weighted by Gasteiger charge is 2.28. The van der Waals surface area contributed by atoms with Crippen molar-refractivity contribution in [3.8, 4) is 5.75 Å². The molecule has 1 atom stereocenters. The number of fused-ring (bicyclic) bond motifs is 1. The van der Waals surface area contributed by atoms with Crippen LogP contribution in [0.5, 0.6) is 5.75 Å². The third-order valence-electron chi connectivity index (χ3n) is 3.88. The smallest absolute Gasteiger partial charge is 0.408 e. The lowest BCUT2D eigenvalue weighted by Gasteiger charge is -2.24. The Kier molecular flexibility index (Phi) is 6.39. The molecule has 8 heteroatoms. The van der Waals surface area contributed by atoms with Crippen molar-refractivity contribution in [2.45, 2.75) is 53.2 Å². The van der Waals surface area contributed by atoms with Gasteiger partial charge < -0.3 is 19.2 Å². The van der Waals surface area contributed by atoms with Crippen molar-refractivity contribution in [3.05, 3.63) is 39.2 Å². The van der Waals surface area contributed by atoms with E-state index in [0.717, 1.165) is 0 Å². The summed E-state index contributed by atoms with van der Waals surface area (Å²) in [5.41, 5.74) is -0.525. The number of esters is 1. The number of halogens is 1. The number of rotatable bonds is 4. The van der Waals surface area contributed by atoms with E-state index in [1.165, 1.54) is 6.07 Å². The van der Waals surface area contributed by atoms with Crippen LogP contribution in [0.15, 0.2) is 27.4 Å². The first-order valence-corrected chi connectivity index (χ1v) is 9.21. The lowest BCUT2D eigenvalue weighted by molar-refractivity contribution is -0.137. The number of carbonyl (C=O) groups is 2.